The van der Waals surface area contributed by atoms with Crippen molar-refractivity contribution in [2.75, 3.05) is 0 Å². The Hall–Kier alpha value is 0.127. The summed E-state index contributed by atoms with van der Waals surface area (Å²) < 4.78 is 0. The van der Waals surface area contributed by atoms with Crippen molar-refractivity contribution in [2.45, 2.75) is 31.7 Å². The van der Waals surface area contributed by atoms with E-state index in [-0.39, 0.29) is 17.0 Å². The van der Waals surface area contributed by atoms with Gasteiger partial charge in [-0.2, -0.15) is 0 Å². The van der Waals surface area contributed by atoms with Crippen LogP contribution in [-0.2, 0) is 4.79 Å². The van der Waals surface area contributed by atoms with Crippen molar-refractivity contribution >= 4 is 31.0 Å². The van der Waals surface area contributed by atoms with Crippen LogP contribution in [0.25, 0.3) is 0 Å². The molecule has 0 aromatic heterocycles. The Morgan fingerprint density at radius 1 is 1.55 bits per heavy atom. The van der Waals surface area contributed by atoms with Crippen molar-refractivity contribution in [3.8, 4) is 0 Å². The largest absolute Gasteiger partial charge is 0.480 e. The highest BCUT2D eigenvalue weighted by Gasteiger charge is 2.21. The number of halogens is 1. The molecule has 0 aromatic rings. The Kier molecular flexibility index (Phi) is 6.10. The van der Waals surface area contributed by atoms with Crippen LogP contribution in [0, 0.1) is 0 Å². The zero-order chi connectivity index (χ0) is 8.36. The second-order valence-corrected chi connectivity index (χ2v) is 9.24. The van der Waals surface area contributed by atoms with Gasteiger partial charge in [-0.1, -0.05) is 19.6 Å². The predicted octanol–water partition coefficient (Wildman–Crippen LogP) is 1.31. The molecule has 0 saturated carbocycles. The second-order valence-electron chi connectivity index (χ2n) is 3.71. The molecule has 0 spiro atoms. The van der Waals surface area contributed by atoms with E-state index in [2.05, 4.69) is 19.6 Å². The maximum atomic E-state index is 10.3. The molecule has 1 atom stereocenters. The van der Waals surface area contributed by atoms with Crippen LogP contribution in [0.15, 0.2) is 0 Å². The fourth-order valence-corrected chi connectivity index (χ4v) is 2.24. The molecule has 0 aromatic carbocycles. The third-order valence-corrected chi connectivity index (χ3v) is 2.81. The minimum absolute atomic E-state index is 0. The molecule has 0 amide bonds. The summed E-state index contributed by atoms with van der Waals surface area (Å²) >= 11 is 0. The fraction of sp³-hybridized carbons (Fsp3) is 0.833. The van der Waals surface area contributed by atoms with E-state index < -0.39 is 20.1 Å². The van der Waals surface area contributed by atoms with Crippen molar-refractivity contribution in [1.82, 2.24) is 0 Å². The molecule has 1 unspecified atom stereocenters. The molecule has 0 aliphatic carbocycles. The normalized spacial score (nSPS) is 13.5. The number of carboxylic acids is 1. The van der Waals surface area contributed by atoms with Crippen molar-refractivity contribution in [3.63, 3.8) is 0 Å². The summed E-state index contributed by atoms with van der Waals surface area (Å²) in [5.41, 5.74) is 5.34. The lowest BCUT2D eigenvalue weighted by Crippen LogP contribution is -2.37. The average molecular weight is 242 g/mol. The number of carboxylic acid groups (broad SMARTS) is 1. The van der Waals surface area contributed by atoms with Crippen LogP contribution in [0.4, 0.5) is 0 Å². The number of hydrogen-bond acceptors (Lipinski definition) is 2. The summed E-state index contributed by atoms with van der Waals surface area (Å²) in [6.45, 7) is 6.32. The monoisotopic (exact) mass is 241 g/mol. The molecule has 3 N–H and O–H groups in total. The van der Waals surface area contributed by atoms with Crippen molar-refractivity contribution < 1.29 is 9.90 Å². The summed E-state index contributed by atoms with van der Waals surface area (Å²) in [5, 5.41) is 8.44. The highest BCUT2D eigenvalue weighted by atomic mass is 79.9. The standard InChI is InChI=1S/C6H15NO2Si.BrH/c1-10(2,3)4-5(7)6(8)9;/h5H,4,7H2,1-3H3,(H,8,9);1H. The minimum Gasteiger partial charge on any atom is -0.480 e. The number of nitrogens with two attached hydrogens (primary N) is 1. The molecule has 0 saturated heterocycles. The van der Waals surface area contributed by atoms with E-state index in [4.69, 9.17) is 10.8 Å². The summed E-state index contributed by atoms with van der Waals surface area (Å²) in [7, 11) is -1.29. The highest BCUT2D eigenvalue weighted by Crippen LogP contribution is 2.09. The average Bonchev–Trinajstić information content (AvgIpc) is 1.60. The molecular weight excluding hydrogens is 226 g/mol. The molecule has 0 aliphatic rings. The lowest BCUT2D eigenvalue weighted by molar-refractivity contribution is -0.138. The summed E-state index contributed by atoms with van der Waals surface area (Å²) in [6, 6.07) is -0.00540. The fourth-order valence-electron chi connectivity index (χ4n) is 0.747. The van der Waals surface area contributed by atoms with Gasteiger partial charge in [-0.15, -0.1) is 17.0 Å². The van der Waals surface area contributed by atoms with Crippen LogP contribution in [-0.4, -0.2) is 25.2 Å². The van der Waals surface area contributed by atoms with E-state index in [0.717, 1.165) is 0 Å². The van der Waals surface area contributed by atoms with Gasteiger partial charge in [0.15, 0.2) is 0 Å². The van der Waals surface area contributed by atoms with Crippen LogP contribution in [0.1, 0.15) is 0 Å². The van der Waals surface area contributed by atoms with Gasteiger partial charge in [0, 0.05) is 8.07 Å². The van der Waals surface area contributed by atoms with Crippen LogP contribution >= 0.6 is 17.0 Å². The maximum Gasteiger partial charge on any atom is 0.320 e. The van der Waals surface area contributed by atoms with Crippen molar-refractivity contribution in [3.05, 3.63) is 0 Å². The van der Waals surface area contributed by atoms with Gasteiger partial charge in [0.05, 0.1) is 0 Å². The first-order valence-electron chi connectivity index (χ1n) is 3.31. The number of carbonyl (C=O) groups is 1. The van der Waals surface area contributed by atoms with Gasteiger partial charge in [-0.3, -0.25) is 4.79 Å². The number of hydrogen-bond donors (Lipinski definition) is 2. The topological polar surface area (TPSA) is 63.3 Å². The van der Waals surface area contributed by atoms with E-state index >= 15 is 0 Å². The molecule has 0 fully saturated rings. The van der Waals surface area contributed by atoms with Gasteiger partial charge < -0.3 is 10.8 Å². The zero-order valence-corrected chi connectivity index (χ0v) is 9.84. The van der Waals surface area contributed by atoms with Crippen molar-refractivity contribution in [1.29, 1.82) is 0 Å². The van der Waals surface area contributed by atoms with Gasteiger partial charge in [-0.05, 0) is 6.04 Å². The van der Waals surface area contributed by atoms with Gasteiger partial charge in [0.1, 0.15) is 6.04 Å². The summed E-state index contributed by atoms with van der Waals surface area (Å²) in [5.74, 6) is -0.887. The highest BCUT2D eigenvalue weighted by molar-refractivity contribution is 8.93. The molecule has 0 bridgehead atoms. The third kappa shape index (κ3) is 8.03. The van der Waals surface area contributed by atoms with E-state index in [1.165, 1.54) is 0 Å². The maximum absolute atomic E-state index is 10.3. The van der Waals surface area contributed by atoms with E-state index in [1.807, 2.05) is 0 Å². The van der Waals surface area contributed by atoms with Crippen LogP contribution in [0.2, 0.25) is 25.7 Å². The van der Waals surface area contributed by atoms with Gasteiger partial charge in [0.2, 0.25) is 0 Å². The Morgan fingerprint density at radius 3 is 2.00 bits per heavy atom. The molecule has 0 heterocycles. The lowest BCUT2D eigenvalue weighted by atomic mass is 10.4. The van der Waals surface area contributed by atoms with E-state index in [9.17, 15) is 4.79 Å². The number of rotatable bonds is 3. The Morgan fingerprint density at radius 2 is 1.91 bits per heavy atom. The molecule has 0 aliphatic heterocycles. The second kappa shape index (κ2) is 4.90. The number of aliphatic carboxylic acids is 1. The van der Waals surface area contributed by atoms with E-state index in [0.29, 0.717) is 6.04 Å². The van der Waals surface area contributed by atoms with Gasteiger partial charge in [-0.25, -0.2) is 0 Å². The molecule has 5 heteroatoms. The summed E-state index contributed by atoms with van der Waals surface area (Å²) in [6.07, 6.45) is 0. The first kappa shape index (κ1) is 13.7. The Labute approximate surface area is 78.8 Å². The molecule has 0 radical (unpaired) electrons. The smallest absolute Gasteiger partial charge is 0.320 e. The van der Waals surface area contributed by atoms with E-state index in [1.54, 1.807) is 0 Å². The predicted molar refractivity (Wildman–Crippen MR) is 54.1 cm³/mol. The van der Waals surface area contributed by atoms with Crippen LogP contribution in [0.3, 0.4) is 0 Å². The Balaban J connectivity index is 0. The Bertz CT molecular complexity index is 135. The molecular formula is C6H16BrNO2Si. The van der Waals surface area contributed by atoms with Crippen molar-refractivity contribution in [2.24, 2.45) is 5.73 Å². The SMILES string of the molecule is Br.C[Si](C)(C)CC(N)C(=O)O. The van der Waals surface area contributed by atoms with Crippen LogP contribution in [0.5, 0.6) is 0 Å². The minimum atomic E-state index is -1.29. The molecule has 68 valence electrons. The lowest BCUT2D eigenvalue weighted by Gasteiger charge is -2.17. The third-order valence-electron chi connectivity index (χ3n) is 1.15. The zero-order valence-electron chi connectivity index (χ0n) is 7.13. The quantitative estimate of drug-likeness (QED) is 0.733. The van der Waals surface area contributed by atoms with Gasteiger partial charge >= 0.3 is 5.97 Å². The first-order valence-corrected chi connectivity index (χ1v) is 7.02. The van der Waals surface area contributed by atoms with Crippen LogP contribution < -0.4 is 5.73 Å². The molecule has 0 rings (SSSR count). The molecule has 11 heavy (non-hydrogen) atoms. The first-order chi connectivity index (χ1) is 4.33. The van der Waals surface area contributed by atoms with Gasteiger partial charge in [0.25, 0.3) is 0 Å². The molecule has 3 nitrogen and oxygen atoms in total. The summed E-state index contributed by atoms with van der Waals surface area (Å²) in [4.78, 5) is 10.3.